The Morgan fingerprint density at radius 2 is 1.79 bits per heavy atom. The van der Waals surface area contributed by atoms with E-state index in [1.54, 1.807) is 0 Å². The Labute approximate surface area is 94.8 Å². The molecule has 1 unspecified atom stereocenters. The minimum absolute atomic E-state index is 0.687. The monoisotopic (exact) mass is 252 g/mol. The van der Waals surface area contributed by atoms with Crippen LogP contribution in [0.4, 0.5) is 0 Å². The SMILES string of the molecule is BrC(Cc1ccccc1)C1CCCC1. The molecule has 76 valence electrons. The molecule has 14 heavy (non-hydrogen) atoms. The fourth-order valence-corrected chi connectivity index (χ4v) is 3.23. The van der Waals surface area contributed by atoms with E-state index in [-0.39, 0.29) is 0 Å². The molecule has 0 nitrogen and oxygen atoms in total. The van der Waals surface area contributed by atoms with Gasteiger partial charge in [-0.2, -0.15) is 0 Å². The maximum Gasteiger partial charge on any atom is 0.0214 e. The minimum Gasteiger partial charge on any atom is -0.0884 e. The average molecular weight is 253 g/mol. The summed E-state index contributed by atoms with van der Waals surface area (Å²) in [6.45, 7) is 0. The zero-order valence-corrected chi connectivity index (χ0v) is 10.0. The van der Waals surface area contributed by atoms with Gasteiger partial charge < -0.3 is 0 Å². The van der Waals surface area contributed by atoms with E-state index in [0.717, 1.165) is 5.92 Å². The molecule has 0 saturated heterocycles. The van der Waals surface area contributed by atoms with Gasteiger partial charge in [0.05, 0.1) is 0 Å². The molecule has 1 aromatic carbocycles. The van der Waals surface area contributed by atoms with Crippen molar-refractivity contribution in [2.24, 2.45) is 5.92 Å². The van der Waals surface area contributed by atoms with E-state index in [1.165, 1.54) is 37.7 Å². The van der Waals surface area contributed by atoms with Crippen molar-refractivity contribution in [2.75, 3.05) is 0 Å². The van der Waals surface area contributed by atoms with E-state index in [9.17, 15) is 0 Å². The van der Waals surface area contributed by atoms with E-state index >= 15 is 0 Å². The molecular weight excluding hydrogens is 236 g/mol. The first-order chi connectivity index (χ1) is 6.86. The summed E-state index contributed by atoms with van der Waals surface area (Å²) in [6, 6.07) is 10.8. The first-order valence-electron chi connectivity index (χ1n) is 5.54. The summed E-state index contributed by atoms with van der Waals surface area (Å²) < 4.78 is 0. The van der Waals surface area contributed by atoms with E-state index in [0.29, 0.717) is 4.83 Å². The summed E-state index contributed by atoms with van der Waals surface area (Å²) in [6.07, 6.45) is 6.89. The van der Waals surface area contributed by atoms with Crippen LogP contribution in [0.2, 0.25) is 0 Å². The lowest BCUT2D eigenvalue weighted by Gasteiger charge is -2.16. The molecule has 1 aliphatic carbocycles. The van der Waals surface area contributed by atoms with Crippen LogP contribution in [0.25, 0.3) is 0 Å². The summed E-state index contributed by atoms with van der Waals surface area (Å²) in [5, 5.41) is 0. The van der Waals surface area contributed by atoms with Crippen LogP contribution in [-0.4, -0.2) is 4.83 Å². The van der Waals surface area contributed by atoms with Crippen molar-refractivity contribution in [3.8, 4) is 0 Å². The molecule has 0 spiro atoms. The zero-order chi connectivity index (χ0) is 9.80. The fourth-order valence-electron chi connectivity index (χ4n) is 2.33. The number of alkyl halides is 1. The van der Waals surface area contributed by atoms with Crippen molar-refractivity contribution in [1.29, 1.82) is 0 Å². The summed E-state index contributed by atoms with van der Waals surface area (Å²) in [5.74, 6) is 0.912. The Balaban J connectivity index is 1.90. The highest BCUT2D eigenvalue weighted by atomic mass is 79.9. The number of rotatable bonds is 3. The molecule has 1 fully saturated rings. The molecule has 0 amide bonds. The van der Waals surface area contributed by atoms with Crippen LogP contribution < -0.4 is 0 Å². The average Bonchev–Trinajstić information content (AvgIpc) is 2.72. The predicted octanol–water partition coefficient (Wildman–Crippen LogP) is 4.18. The number of benzene rings is 1. The Morgan fingerprint density at radius 3 is 2.43 bits per heavy atom. The Morgan fingerprint density at radius 1 is 1.14 bits per heavy atom. The normalized spacial score (nSPS) is 19.8. The van der Waals surface area contributed by atoms with E-state index < -0.39 is 0 Å². The molecule has 0 heterocycles. The summed E-state index contributed by atoms with van der Waals surface area (Å²) in [5.41, 5.74) is 1.46. The van der Waals surface area contributed by atoms with Gasteiger partial charge in [-0.15, -0.1) is 0 Å². The van der Waals surface area contributed by atoms with E-state index in [4.69, 9.17) is 0 Å². The van der Waals surface area contributed by atoms with E-state index in [2.05, 4.69) is 46.3 Å². The highest BCUT2D eigenvalue weighted by molar-refractivity contribution is 9.09. The predicted molar refractivity (Wildman–Crippen MR) is 64.8 cm³/mol. The highest BCUT2D eigenvalue weighted by Gasteiger charge is 2.22. The summed E-state index contributed by atoms with van der Waals surface area (Å²) in [7, 11) is 0. The standard InChI is InChI=1S/C13H17Br/c14-13(12-8-4-5-9-12)10-11-6-2-1-3-7-11/h1-3,6-7,12-13H,4-5,8-10H2. The van der Waals surface area contributed by atoms with Crippen molar-refractivity contribution in [3.05, 3.63) is 35.9 Å². The van der Waals surface area contributed by atoms with Gasteiger partial charge in [0.15, 0.2) is 0 Å². The van der Waals surface area contributed by atoms with Crippen LogP contribution >= 0.6 is 15.9 Å². The van der Waals surface area contributed by atoms with Crippen molar-refractivity contribution >= 4 is 15.9 Å². The van der Waals surface area contributed by atoms with Crippen molar-refractivity contribution < 1.29 is 0 Å². The van der Waals surface area contributed by atoms with Crippen molar-refractivity contribution in [2.45, 2.75) is 36.9 Å². The van der Waals surface area contributed by atoms with Gasteiger partial charge in [-0.3, -0.25) is 0 Å². The summed E-state index contributed by atoms with van der Waals surface area (Å²) in [4.78, 5) is 0.687. The van der Waals surface area contributed by atoms with Crippen LogP contribution in [0, 0.1) is 5.92 Å². The van der Waals surface area contributed by atoms with Crippen LogP contribution in [0.1, 0.15) is 31.2 Å². The lowest BCUT2D eigenvalue weighted by Crippen LogP contribution is -2.13. The van der Waals surface area contributed by atoms with Crippen molar-refractivity contribution in [1.82, 2.24) is 0 Å². The third-order valence-corrected chi connectivity index (χ3v) is 4.26. The summed E-state index contributed by atoms with van der Waals surface area (Å²) >= 11 is 3.84. The van der Waals surface area contributed by atoms with Gasteiger partial charge >= 0.3 is 0 Å². The van der Waals surface area contributed by atoms with Gasteiger partial charge in [-0.25, -0.2) is 0 Å². The third-order valence-electron chi connectivity index (χ3n) is 3.18. The maximum atomic E-state index is 3.84. The molecule has 0 radical (unpaired) electrons. The van der Waals surface area contributed by atoms with Crippen LogP contribution in [0.15, 0.2) is 30.3 Å². The zero-order valence-electron chi connectivity index (χ0n) is 8.45. The number of hydrogen-bond acceptors (Lipinski definition) is 0. The maximum absolute atomic E-state index is 3.84. The van der Waals surface area contributed by atoms with Crippen LogP contribution in [0.3, 0.4) is 0 Å². The van der Waals surface area contributed by atoms with Gasteiger partial charge in [0.1, 0.15) is 0 Å². The lowest BCUT2D eigenvalue weighted by molar-refractivity contribution is 0.525. The van der Waals surface area contributed by atoms with Crippen LogP contribution in [0.5, 0.6) is 0 Å². The molecule has 1 aromatic rings. The molecule has 0 aliphatic heterocycles. The molecule has 0 aromatic heterocycles. The molecule has 0 N–H and O–H groups in total. The van der Waals surface area contributed by atoms with E-state index in [1.807, 2.05) is 0 Å². The van der Waals surface area contributed by atoms with Crippen LogP contribution in [-0.2, 0) is 6.42 Å². The minimum atomic E-state index is 0.687. The second-order valence-corrected chi connectivity index (χ2v) is 5.43. The Bertz CT molecular complexity index is 262. The largest absolute Gasteiger partial charge is 0.0884 e. The smallest absolute Gasteiger partial charge is 0.0214 e. The Hall–Kier alpha value is -0.300. The first kappa shape index (κ1) is 10.2. The van der Waals surface area contributed by atoms with Gasteiger partial charge in [0.2, 0.25) is 0 Å². The number of halogens is 1. The van der Waals surface area contributed by atoms with Gasteiger partial charge in [0, 0.05) is 4.83 Å². The molecule has 1 aliphatic rings. The second-order valence-electron chi connectivity index (χ2n) is 4.25. The highest BCUT2D eigenvalue weighted by Crippen LogP contribution is 2.32. The third kappa shape index (κ3) is 2.60. The molecular formula is C13H17Br. The topological polar surface area (TPSA) is 0 Å². The molecule has 2 rings (SSSR count). The fraction of sp³-hybridized carbons (Fsp3) is 0.538. The lowest BCUT2D eigenvalue weighted by atomic mass is 9.98. The molecule has 1 heteroatoms. The van der Waals surface area contributed by atoms with Gasteiger partial charge in [-0.1, -0.05) is 59.1 Å². The Kier molecular flexibility index (Phi) is 3.63. The van der Waals surface area contributed by atoms with Gasteiger partial charge in [0.25, 0.3) is 0 Å². The molecule has 1 atom stereocenters. The molecule has 0 bridgehead atoms. The number of hydrogen-bond donors (Lipinski definition) is 0. The van der Waals surface area contributed by atoms with Gasteiger partial charge in [-0.05, 0) is 30.7 Å². The first-order valence-corrected chi connectivity index (χ1v) is 6.46. The second kappa shape index (κ2) is 4.97. The molecule has 1 saturated carbocycles. The van der Waals surface area contributed by atoms with Crippen molar-refractivity contribution in [3.63, 3.8) is 0 Å². The quantitative estimate of drug-likeness (QED) is 0.709.